The van der Waals surface area contributed by atoms with Gasteiger partial charge in [-0.2, -0.15) is 0 Å². The Morgan fingerprint density at radius 3 is 1.47 bits per heavy atom. The number of aliphatic imine (C=N–C) groups is 3. The molecule has 0 fully saturated rings. The lowest BCUT2D eigenvalue weighted by Crippen LogP contribution is -2.15. The Bertz CT molecular complexity index is 1740. The molecule has 236 valence electrons. The molecule has 0 aliphatic carbocycles. The molecule has 5 heterocycles. The number of rotatable bonds is 10. The highest BCUT2D eigenvalue weighted by Gasteiger charge is 2.32. The zero-order valence-corrected chi connectivity index (χ0v) is 28.4. The van der Waals surface area contributed by atoms with Crippen LogP contribution in [0.3, 0.4) is 0 Å². The van der Waals surface area contributed by atoms with Crippen LogP contribution in [-0.4, -0.2) is 27.3 Å². The van der Waals surface area contributed by atoms with Crippen LogP contribution >= 0.6 is 0 Å². The lowest BCUT2D eigenvalue weighted by atomic mass is 9.88. The second-order valence-corrected chi connectivity index (χ2v) is 11.7. The summed E-state index contributed by atoms with van der Waals surface area (Å²) in [5, 5.41) is 9.37. The van der Waals surface area contributed by atoms with Gasteiger partial charge in [0, 0.05) is 23.2 Å². The fourth-order valence-corrected chi connectivity index (χ4v) is 7.48. The summed E-state index contributed by atoms with van der Waals surface area (Å²) in [6.45, 7) is 17.8. The van der Waals surface area contributed by atoms with Crippen LogP contribution in [0.2, 0.25) is 0 Å². The summed E-state index contributed by atoms with van der Waals surface area (Å²) in [4.78, 5) is 19.9. The van der Waals surface area contributed by atoms with E-state index in [1.807, 2.05) is 12.2 Å². The van der Waals surface area contributed by atoms with Crippen LogP contribution in [0, 0.1) is 0 Å². The van der Waals surface area contributed by atoms with Gasteiger partial charge in [-0.1, -0.05) is 55.4 Å². The third kappa shape index (κ3) is 5.65. The van der Waals surface area contributed by atoms with Crippen molar-refractivity contribution in [1.82, 2.24) is 10.5 Å². The summed E-state index contributed by atoms with van der Waals surface area (Å²) in [5.74, 6) is 0. The third-order valence-corrected chi connectivity index (χ3v) is 9.50. The van der Waals surface area contributed by atoms with Gasteiger partial charge in [-0.05, 0) is 126 Å². The number of allylic oxidation sites excluding steroid dienone is 10. The predicted octanol–water partition coefficient (Wildman–Crippen LogP) is 9.85. The Kier molecular flexibility index (Phi) is 10.0. The molecule has 0 amide bonds. The quantitative estimate of drug-likeness (QED) is 0.233. The predicted molar refractivity (Wildman–Crippen MR) is 191 cm³/mol. The summed E-state index contributed by atoms with van der Waals surface area (Å²) in [6, 6.07) is 0. The van der Waals surface area contributed by atoms with Gasteiger partial charge in [0.05, 0.1) is 34.2 Å². The van der Waals surface area contributed by atoms with Crippen molar-refractivity contribution in [3.05, 3.63) is 103 Å². The lowest BCUT2D eigenvalue weighted by Gasteiger charge is -2.13. The first-order valence-electron chi connectivity index (χ1n) is 17.0. The molecule has 0 atom stereocenters. The molecule has 0 spiro atoms. The molecule has 0 saturated heterocycles. The fourth-order valence-electron chi connectivity index (χ4n) is 7.48. The Morgan fingerprint density at radius 1 is 0.578 bits per heavy atom. The molecule has 4 aliphatic rings. The Hall–Kier alpha value is -4.03. The average Bonchev–Trinajstić information content (AvgIpc) is 3.78. The van der Waals surface area contributed by atoms with Gasteiger partial charge in [-0.25, -0.2) is 15.0 Å². The van der Waals surface area contributed by atoms with Crippen LogP contribution in [0.4, 0.5) is 0 Å². The minimum Gasteiger partial charge on any atom is -0.355 e. The van der Waals surface area contributed by atoms with E-state index in [2.05, 4.69) is 84.1 Å². The molecule has 8 bridgehead atoms. The van der Waals surface area contributed by atoms with Gasteiger partial charge in [0.15, 0.2) is 0 Å². The van der Waals surface area contributed by atoms with Crippen LogP contribution < -0.4 is 5.48 Å². The van der Waals surface area contributed by atoms with Crippen molar-refractivity contribution in [2.24, 2.45) is 15.0 Å². The van der Waals surface area contributed by atoms with Crippen molar-refractivity contribution in [3.8, 4) is 0 Å². The van der Waals surface area contributed by atoms with E-state index in [9.17, 15) is 5.21 Å². The monoisotopic (exact) mass is 603 g/mol. The largest absolute Gasteiger partial charge is 0.355 e. The zero-order valence-electron chi connectivity index (χ0n) is 28.4. The zero-order chi connectivity index (χ0) is 32.2. The summed E-state index contributed by atoms with van der Waals surface area (Å²) in [7, 11) is 0. The topological polar surface area (TPSA) is 85.1 Å². The van der Waals surface area contributed by atoms with Gasteiger partial charge in [0.25, 0.3) is 0 Å². The highest BCUT2D eigenvalue weighted by molar-refractivity contribution is 6.37. The van der Waals surface area contributed by atoms with Gasteiger partial charge < -0.3 is 4.98 Å². The van der Waals surface area contributed by atoms with E-state index >= 15 is 0 Å². The molecule has 3 N–H and O–H groups in total. The van der Waals surface area contributed by atoms with Crippen molar-refractivity contribution in [2.75, 3.05) is 0 Å². The molecule has 5 rings (SSSR count). The number of nitrogens with one attached hydrogen (secondary N) is 2. The van der Waals surface area contributed by atoms with Crippen molar-refractivity contribution < 1.29 is 5.21 Å². The molecule has 0 unspecified atom stereocenters. The van der Waals surface area contributed by atoms with E-state index in [1.165, 1.54) is 50.8 Å². The number of hydrogen-bond acceptors (Lipinski definition) is 5. The number of H-pyrrole nitrogens is 1. The van der Waals surface area contributed by atoms with Gasteiger partial charge in [-0.3, -0.25) is 10.7 Å². The van der Waals surface area contributed by atoms with Gasteiger partial charge in [-0.15, -0.1) is 0 Å². The van der Waals surface area contributed by atoms with Crippen LogP contribution in [0.25, 0.3) is 12.2 Å². The average molecular weight is 604 g/mol. The number of aromatic nitrogens is 1. The first-order valence-corrected chi connectivity index (χ1v) is 17.0. The Morgan fingerprint density at radius 2 is 1.02 bits per heavy atom. The maximum atomic E-state index is 9.37. The number of hydroxylamine groups is 1. The van der Waals surface area contributed by atoms with E-state index in [0.717, 1.165) is 103 Å². The molecule has 0 saturated carbocycles. The Balaban J connectivity index is 1.93. The van der Waals surface area contributed by atoms with Gasteiger partial charge in [0.2, 0.25) is 0 Å². The summed E-state index contributed by atoms with van der Waals surface area (Å²) >= 11 is 0. The van der Waals surface area contributed by atoms with Crippen molar-refractivity contribution >= 4 is 29.3 Å². The fraction of sp³-hybridized carbons (Fsp3) is 0.410. The van der Waals surface area contributed by atoms with Crippen LogP contribution in [-0.2, 0) is 12.8 Å². The Labute approximate surface area is 269 Å². The lowest BCUT2D eigenvalue weighted by molar-refractivity contribution is 0.214. The number of hydrogen-bond donors (Lipinski definition) is 3. The molecule has 6 nitrogen and oxygen atoms in total. The van der Waals surface area contributed by atoms with E-state index in [1.54, 1.807) is 0 Å². The first kappa shape index (κ1) is 32.4. The first-order chi connectivity index (χ1) is 21.9. The van der Waals surface area contributed by atoms with Crippen molar-refractivity contribution in [1.29, 1.82) is 0 Å². The second kappa shape index (κ2) is 13.9. The van der Waals surface area contributed by atoms with Gasteiger partial charge >= 0.3 is 0 Å². The van der Waals surface area contributed by atoms with Gasteiger partial charge in [0.1, 0.15) is 0 Å². The smallest absolute Gasteiger partial charge is 0.0766 e. The SMILES string of the molecule is CCC1=C(CC)C2=NC1=Cc1[nH]c(c(CC)c1CC)C=C1N=C(C(=CC=CNO)C3=NC(=C2)C(CC)=C3CC)C(CC)=C1CC. The molecule has 1 aromatic rings. The number of fused-ring (bicyclic) bond motifs is 5. The molecular weight excluding hydrogens is 554 g/mol. The summed E-state index contributed by atoms with van der Waals surface area (Å²) in [5.41, 5.74) is 21.8. The molecule has 1 aromatic heterocycles. The van der Waals surface area contributed by atoms with E-state index in [-0.39, 0.29) is 0 Å². The van der Waals surface area contributed by atoms with Crippen molar-refractivity contribution in [3.63, 3.8) is 0 Å². The minimum absolute atomic E-state index is 0.860. The number of aromatic amines is 1. The molecule has 0 aromatic carbocycles. The molecule has 6 heteroatoms. The van der Waals surface area contributed by atoms with Crippen LogP contribution in [0.5, 0.6) is 0 Å². The molecule has 0 radical (unpaired) electrons. The van der Waals surface area contributed by atoms with E-state index < -0.39 is 0 Å². The molecular formula is C39H49N5O. The highest BCUT2D eigenvalue weighted by Crippen LogP contribution is 2.41. The maximum Gasteiger partial charge on any atom is 0.0766 e. The normalized spacial score (nSPS) is 19.1. The van der Waals surface area contributed by atoms with Crippen LogP contribution in [0.15, 0.2) is 95.5 Å². The summed E-state index contributed by atoms with van der Waals surface area (Å²) in [6.07, 6.45) is 19.4. The maximum absolute atomic E-state index is 9.37. The molecule has 4 aliphatic heterocycles. The highest BCUT2D eigenvalue weighted by atomic mass is 16.5. The standard InChI is InChI=1S/C39H49N5O/c1-9-23-25(11-3)34-21-36-27(13-5)29(15-7)38(43-36)31(18-17-19-40-45)39-30(16-8)28(14-6)37(44-39)22-35-26(12-4)24(10-2)33(42-35)20-32(23)41-34/h17-22,40-41,45H,9-16H2,1-8H3. The second-order valence-electron chi connectivity index (χ2n) is 11.7. The third-order valence-electron chi connectivity index (χ3n) is 9.50. The number of nitrogens with zero attached hydrogens (tertiary/aromatic N) is 3. The minimum atomic E-state index is 0.860. The van der Waals surface area contributed by atoms with E-state index in [4.69, 9.17) is 15.0 Å². The molecule has 45 heavy (non-hydrogen) atoms. The van der Waals surface area contributed by atoms with E-state index in [0.29, 0.717) is 0 Å². The summed E-state index contributed by atoms with van der Waals surface area (Å²) < 4.78 is 0. The van der Waals surface area contributed by atoms with Crippen molar-refractivity contribution in [2.45, 2.75) is 107 Å². The van der Waals surface area contributed by atoms with Crippen LogP contribution in [0.1, 0.15) is 116 Å².